The molecule has 0 unspecified atom stereocenters. The van der Waals surface area contributed by atoms with Crippen LogP contribution in [0.15, 0.2) is 23.2 Å². The van der Waals surface area contributed by atoms with Crippen molar-refractivity contribution in [3.8, 4) is 5.75 Å². The number of guanidine groups is 1. The first kappa shape index (κ1) is 33.6. The van der Waals surface area contributed by atoms with Crippen LogP contribution in [-0.2, 0) is 14.1 Å². The summed E-state index contributed by atoms with van der Waals surface area (Å²) in [6, 6.07) is 3.67. The topological polar surface area (TPSA) is 167 Å². The molecule has 1 aromatic rings. The van der Waals surface area contributed by atoms with Crippen molar-refractivity contribution in [2.75, 3.05) is 13.7 Å². The van der Waals surface area contributed by atoms with Crippen LogP contribution in [0.2, 0.25) is 0 Å². The molecule has 44 heavy (non-hydrogen) atoms. The second kappa shape index (κ2) is 13.4. The van der Waals surface area contributed by atoms with E-state index < -0.39 is 41.2 Å². The number of ether oxygens (including phenoxy) is 1. The molecule has 1 heterocycles. The number of hydrazine groups is 1. The molecule has 0 aromatic heterocycles. The van der Waals surface area contributed by atoms with E-state index in [-0.39, 0.29) is 60.0 Å². The van der Waals surface area contributed by atoms with E-state index in [1.54, 1.807) is 5.43 Å². The Morgan fingerprint density at radius 2 is 2.02 bits per heavy atom. The maximum absolute atomic E-state index is 14.1. The van der Waals surface area contributed by atoms with Gasteiger partial charge in [-0.25, -0.2) is 19.5 Å². The predicted molar refractivity (Wildman–Crippen MR) is 163 cm³/mol. The van der Waals surface area contributed by atoms with E-state index in [1.165, 1.54) is 19.2 Å². The molecular formula is C30H45BFN5O7. The molecule has 3 saturated carbocycles. The lowest BCUT2D eigenvalue weighted by Crippen LogP contribution is -2.65. The van der Waals surface area contributed by atoms with Gasteiger partial charge in [0.05, 0.1) is 30.3 Å². The summed E-state index contributed by atoms with van der Waals surface area (Å²) in [5.74, 6) is -1.66. The van der Waals surface area contributed by atoms with Gasteiger partial charge in [-0.1, -0.05) is 33.1 Å². The Labute approximate surface area is 258 Å². The molecule has 0 radical (unpaired) electrons. The highest BCUT2D eigenvalue weighted by atomic mass is 19.1. The zero-order valence-electron chi connectivity index (χ0n) is 26.4. The first-order chi connectivity index (χ1) is 20.6. The van der Waals surface area contributed by atoms with Gasteiger partial charge in [0, 0.05) is 18.9 Å². The number of hydrogen-bond acceptors (Lipinski definition) is 8. The zero-order chi connectivity index (χ0) is 32.4. The lowest BCUT2D eigenvalue weighted by Gasteiger charge is -2.64. The van der Waals surface area contributed by atoms with Crippen molar-refractivity contribution < 1.29 is 33.1 Å². The summed E-state index contributed by atoms with van der Waals surface area (Å²) in [7, 11) is 0.750. The van der Waals surface area contributed by atoms with Gasteiger partial charge in [0.25, 0.3) is 5.96 Å². The summed E-state index contributed by atoms with van der Waals surface area (Å²) in [5.41, 5.74) is 7.06. The van der Waals surface area contributed by atoms with Crippen LogP contribution < -0.4 is 21.2 Å². The first-order valence-electron chi connectivity index (χ1n) is 15.4. The van der Waals surface area contributed by atoms with Gasteiger partial charge >= 0.3 is 7.12 Å². The van der Waals surface area contributed by atoms with Gasteiger partial charge in [0.15, 0.2) is 10.8 Å². The second-order valence-corrected chi connectivity index (χ2v) is 13.5. The van der Waals surface area contributed by atoms with Crippen molar-refractivity contribution >= 4 is 24.8 Å². The molecule has 242 valence electrons. The van der Waals surface area contributed by atoms with Gasteiger partial charge in [-0.05, 0) is 80.4 Å². The van der Waals surface area contributed by atoms with E-state index in [9.17, 15) is 24.1 Å². The Bertz CT molecular complexity index is 1280. The third-order valence-electron chi connectivity index (χ3n) is 9.81. The summed E-state index contributed by atoms with van der Waals surface area (Å²) in [6.45, 7) is 10.9. The Hall–Kier alpha value is -3.26. The molecule has 2 bridgehead atoms. The lowest BCUT2D eigenvalue weighted by atomic mass is 9.43. The van der Waals surface area contributed by atoms with Crippen LogP contribution in [0, 0.1) is 45.0 Å². The summed E-state index contributed by atoms with van der Waals surface area (Å²) in [5, 5.41) is 12.9. The van der Waals surface area contributed by atoms with Crippen LogP contribution in [-0.4, -0.2) is 61.1 Å². The third kappa shape index (κ3) is 7.17. The summed E-state index contributed by atoms with van der Waals surface area (Å²) >= 11 is 0. The summed E-state index contributed by atoms with van der Waals surface area (Å²) in [4.78, 5) is 41.8. The number of Topliss-reactive ketones (excluding diaryl/α,β-unsaturated/α-hetero) is 1. The first-order valence-corrected chi connectivity index (χ1v) is 15.4. The average molecular weight is 618 g/mol. The van der Waals surface area contributed by atoms with E-state index in [1.807, 2.05) is 0 Å². The molecule has 1 aromatic carbocycles. The van der Waals surface area contributed by atoms with Crippen molar-refractivity contribution in [2.45, 2.75) is 90.8 Å². The molecule has 0 spiro atoms. The van der Waals surface area contributed by atoms with Gasteiger partial charge in [-0.2, -0.15) is 0 Å². The van der Waals surface area contributed by atoms with Gasteiger partial charge in [0.2, 0.25) is 5.91 Å². The fourth-order valence-electron chi connectivity index (χ4n) is 7.34. The maximum atomic E-state index is 14.1. The Morgan fingerprint density at radius 3 is 2.66 bits per heavy atom. The second-order valence-electron chi connectivity index (χ2n) is 13.5. The van der Waals surface area contributed by atoms with Crippen LogP contribution >= 0.6 is 0 Å². The average Bonchev–Trinajstić information content (AvgIpc) is 3.30. The smallest absolute Gasteiger partial charge is 0.481 e. The number of nitrogens with two attached hydrogens (primary N) is 1. The monoisotopic (exact) mass is 617 g/mol. The molecule has 1 aliphatic heterocycles. The molecular weight excluding hydrogens is 572 g/mol. The molecule has 4 fully saturated rings. The van der Waals surface area contributed by atoms with Crippen LogP contribution in [0.25, 0.3) is 0 Å². The van der Waals surface area contributed by atoms with E-state index >= 15 is 0 Å². The van der Waals surface area contributed by atoms with E-state index in [0.717, 1.165) is 18.9 Å². The number of aliphatic imine (C=N–C) groups is 1. The minimum atomic E-state index is -0.816. The van der Waals surface area contributed by atoms with Gasteiger partial charge in [0.1, 0.15) is 11.6 Å². The van der Waals surface area contributed by atoms with Crippen molar-refractivity contribution in [1.82, 2.24) is 10.7 Å². The normalized spacial score (nSPS) is 26.8. The number of amides is 1. The molecule has 4 aliphatic rings. The molecule has 6 atom stereocenters. The summed E-state index contributed by atoms with van der Waals surface area (Å²) < 4.78 is 32.5. The number of nitrogens with zero attached hydrogens (tertiary/aromatic N) is 2. The van der Waals surface area contributed by atoms with Crippen LogP contribution in [0.3, 0.4) is 0 Å². The minimum absolute atomic E-state index is 0.0440. The SMILES string of the molecule is COc1ccc(F)cc1C(=O)C[C@@H](CCCN=C(N)N[N+](=O)[O-])C(=O)N[C@@H](CC(C)C)B1O[C@@H]2C[C@H]3C[C@H](C3(C)C)[C@]2(C)O1. The highest BCUT2D eigenvalue weighted by Crippen LogP contribution is 2.65. The molecule has 12 nitrogen and oxygen atoms in total. The van der Waals surface area contributed by atoms with Crippen LogP contribution in [0.1, 0.15) is 83.5 Å². The van der Waals surface area contributed by atoms with E-state index in [4.69, 9.17) is 19.8 Å². The molecule has 1 saturated heterocycles. The number of nitrogens with one attached hydrogen (secondary N) is 2. The van der Waals surface area contributed by atoms with Crippen LogP contribution in [0.5, 0.6) is 5.75 Å². The quantitative estimate of drug-likeness (QED) is 0.0536. The number of halogens is 1. The van der Waals surface area contributed by atoms with Crippen molar-refractivity contribution in [3.63, 3.8) is 0 Å². The molecule has 4 N–H and O–H groups in total. The Morgan fingerprint density at radius 1 is 1.30 bits per heavy atom. The highest BCUT2D eigenvalue weighted by molar-refractivity contribution is 6.47. The maximum Gasteiger partial charge on any atom is 0.481 e. The Kier molecular flexibility index (Phi) is 10.2. The van der Waals surface area contributed by atoms with Crippen LogP contribution in [0.4, 0.5) is 4.39 Å². The van der Waals surface area contributed by atoms with E-state index in [0.29, 0.717) is 24.7 Å². The Balaban J connectivity index is 1.51. The fourth-order valence-corrected chi connectivity index (χ4v) is 7.34. The number of carbonyl (C=O) groups excluding carboxylic acids is 2. The van der Waals surface area contributed by atoms with Gasteiger partial charge < -0.3 is 25.1 Å². The number of ketones is 1. The number of methoxy groups -OCH3 is 1. The predicted octanol–water partition coefficient (Wildman–Crippen LogP) is 3.70. The van der Waals surface area contributed by atoms with E-state index in [2.05, 4.69) is 44.9 Å². The van der Waals surface area contributed by atoms with Crippen molar-refractivity contribution in [2.24, 2.45) is 39.8 Å². The summed E-state index contributed by atoms with van der Waals surface area (Å²) in [6.07, 6.45) is 2.90. The number of rotatable bonds is 14. The largest absolute Gasteiger partial charge is 0.496 e. The molecule has 5 rings (SSSR count). The number of carbonyl (C=O) groups is 2. The van der Waals surface area contributed by atoms with Gasteiger partial charge in [-0.3, -0.25) is 9.59 Å². The standard InChI is InChI=1S/C30H45BFN5O7/c1-17(2)12-26(31-43-25-15-19-14-24(29(19,3)4)30(25,5)44-31)35-27(39)18(8-7-11-34-28(33)36-37(40)41)13-22(38)21-16-20(32)9-10-23(21)42-6/h9-10,16-19,24-26H,7-8,11-15H2,1-6H3,(H,35,39)(H3,33,34,36)/t18-,19-,24-,25-,26+,30+/m1/s1. The number of nitro groups is 1. The molecule has 1 amide bonds. The number of hydrogen-bond donors (Lipinski definition) is 3. The lowest BCUT2D eigenvalue weighted by molar-refractivity contribution is -0.525. The fraction of sp³-hybridized carbons (Fsp3) is 0.700. The van der Waals surface area contributed by atoms with Gasteiger partial charge in [-0.15, -0.1) is 0 Å². The van der Waals surface area contributed by atoms with Crippen molar-refractivity contribution in [3.05, 3.63) is 39.7 Å². The third-order valence-corrected chi connectivity index (χ3v) is 9.81. The number of benzene rings is 1. The minimum Gasteiger partial charge on any atom is -0.496 e. The molecule has 3 aliphatic carbocycles. The highest BCUT2D eigenvalue weighted by Gasteiger charge is 2.68. The zero-order valence-corrected chi connectivity index (χ0v) is 26.4. The van der Waals surface area contributed by atoms with Crippen molar-refractivity contribution in [1.29, 1.82) is 0 Å². The molecule has 14 heteroatoms.